The van der Waals surface area contributed by atoms with Gasteiger partial charge in [0, 0.05) is 13.2 Å². The highest BCUT2D eigenvalue weighted by molar-refractivity contribution is 6.74. The molecule has 0 aromatic rings. The van der Waals surface area contributed by atoms with Crippen LogP contribution in [0.25, 0.3) is 0 Å². The lowest BCUT2D eigenvalue weighted by molar-refractivity contribution is 0.0844. The Morgan fingerprint density at radius 3 is 2.13 bits per heavy atom. The lowest BCUT2D eigenvalue weighted by Gasteiger charge is -2.36. The van der Waals surface area contributed by atoms with Crippen molar-refractivity contribution < 1.29 is 14.3 Å². The predicted molar refractivity (Wildman–Crippen MR) is 65.7 cm³/mol. The van der Waals surface area contributed by atoms with Crippen LogP contribution in [0.3, 0.4) is 0 Å². The third-order valence-corrected chi connectivity index (χ3v) is 7.48. The predicted octanol–water partition coefficient (Wildman–Crippen LogP) is 2.41. The summed E-state index contributed by atoms with van der Waals surface area (Å²) >= 11 is 0. The van der Waals surface area contributed by atoms with Crippen LogP contribution in [-0.2, 0) is 9.16 Å². The van der Waals surface area contributed by atoms with Crippen LogP contribution < -0.4 is 0 Å². The maximum Gasteiger partial charge on any atom is 0.192 e. The van der Waals surface area contributed by atoms with Crippen LogP contribution in [0.4, 0.5) is 0 Å². The summed E-state index contributed by atoms with van der Waals surface area (Å²) < 4.78 is 11.2. The van der Waals surface area contributed by atoms with Crippen LogP contribution in [0.15, 0.2) is 0 Å². The van der Waals surface area contributed by atoms with E-state index in [-0.39, 0.29) is 11.6 Å². The third-order valence-electron chi connectivity index (χ3n) is 2.94. The van der Waals surface area contributed by atoms with Gasteiger partial charge in [-0.15, -0.1) is 0 Å². The monoisotopic (exact) mass is 234 g/mol. The maximum atomic E-state index is 8.55. The van der Waals surface area contributed by atoms with Gasteiger partial charge < -0.3 is 14.3 Å². The summed E-state index contributed by atoms with van der Waals surface area (Å²) in [4.78, 5) is 0. The summed E-state index contributed by atoms with van der Waals surface area (Å²) in [5.74, 6) is 0. The second-order valence-electron chi connectivity index (χ2n) is 5.30. The number of hydrogen-bond donors (Lipinski definition) is 1. The van der Waals surface area contributed by atoms with Crippen LogP contribution in [-0.4, -0.2) is 39.9 Å². The quantitative estimate of drug-likeness (QED) is 0.543. The first-order valence-electron chi connectivity index (χ1n) is 5.64. The Morgan fingerprint density at radius 2 is 1.67 bits per heavy atom. The molecule has 0 amide bonds. The van der Waals surface area contributed by atoms with E-state index in [4.69, 9.17) is 14.3 Å². The normalized spacial score (nSPS) is 13.2. The SMILES string of the molecule is CC(C)(C)[Si](C)(C)OCCOCCCO. The summed E-state index contributed by atoms with van der Waals surface area (Å²) in [7, 11) is -1.60. The molecule has 92 valence electrons. The van der Waals surface area contributed by atoms with Crippen molar-refractivity contribution in [1.82, 2.24) is 0 Å². The Morgan fingerprint density at radius 1 is 1.07 bits per heavy atom. The Balaban J connectivity index is 3.58. The van der Waals surface area contributed by atoms with Gasteiger partial charge in [0.05, 0.1) is 13.2 Å². The molecule has 4 heteroatoms. The van der Waals surface area contributed by atoms with E-state index in [1.54, 1.807) is 0 Å². The summed E-state index contributed by atoms with van der Waals surface area (Å²) in [6.07, 6.45) is 0.708. The van der Waals surface area contributed by atoms with E-state index in [9.17, 15) is 0 Å². The Hall–Kier alpha value is 0.0969. The van der Waals surface area contributed by atoms with E-state index < -0.39 is 8.32 Å². The van der Waals surface area contributed by atoms with Gasteiger partial charge in [-0.25, -0.2) is 0 Å². The van der Waals surface area contributed by atoms with Crippen molar-refractivity contribution >= 4 is 8.32 Å². The third kappa shape index (κ3) is 6.30. The molecule has 0 spiro atoms. The van der Waals surface area contributed by atoms with Crippen molar-refractivity contribution in [3.05, 3.63) is 0 Å². The minimum absolute atomic E-state index is 0.198. The van der Waals surface area contributed by atoms with E-state index in [2.05, 4.69) is 33.9 Å². The van der Waals surface area contributed by atoms with Gasteiger partial charge in [0.15, 0.2) is 8.32 Å². The number of aliphatic hydroxyl groups excluding tert-OH is 1. The first-order chi connectivity index (χ1) is 6.81. The molecular weight excluding hydrogens is 208 g/mol. The van der Waals surface area contributed by atoms with Crippen LogP contribution in [0, 0.1) is 0 Å². The molecule has 0 rings (SSSR count). The van der Waals surface area contributed by atoms with Crippen LogP contribution >= 0.6 is 0 Å². The Bertz CT molecular complexity index is 164. The molecule has 0 bridgehead atoms. The molecule has 0 atom stereocenters. The highest BCUT2D eigenvalue weighted by Gasteiger charge is 2.36. The van der Waals surface area contributed by atoms with Crippen LogP contribution in [0.2, 0.25) is 18.1 Å². The fourth-order valence-electron chi connectivity index (χ4n) is 0.841. The zero-order chi connectivity index (χ0) is 11.9. The van der Waals surface area contributed by atoms with Crippen molar-refractivity contribution in [3.8, 4) is 0 Å². The Labute approximate surface area is 94.9 Å². The average Bonchev–Trinajstić information content (AvgIpc) is 2.09. The van der Waals surface area contributed by atoms with Gasteiger partial charge in [-0.2, -0.15) is 0 Å². The van der Waals surface area contributed by atoms with Gasteiger partial charge in [0.25, 0.3) is 0 Å². The molecule has 0 aliphatic heterocycles. The smallest absolute Gasteiger partial charge is 0.192 e. The van der Waals surface area contributed by atoms with Crippen molar-refractivity contribution in [2.75, 3.05) is 26.4 Å². The molecule has 1 N–H and O–H groups in total. The molecule has 0 heterocycles. The first-order valence-corrected chi connectivity index (χ1v) is 8.54. The minimum Gasteiger partial charge on any atom is -0.414 e. The summed E-state index contributed by atoms with van der Waals surface area (Å²) in [5, 5.41) is 8.82. The summed E-state index contributed by atoms with van der Waals surface area (Å²) in [6, 6.07) is 0. The number of rotatable bonds is 7. The molecule has 0 aliphatic carbocycles. The largest absolute Gasteiger partial charge is 0.414 e. The molecular formula is C11H26O3Si. The molecule has 0 saturated carbocycles. The number of ether oxygens (including phenoxy) is 1. The fourth-order valence-corrected chi connectivity index (χ4v) is 1.87. The molecule has 0 aliphatic rings. The molecule has 0 radical (unpaired) electrons. The topological polar surface area (TPSA) is 38.7 Å². The molecule has 0 saturated heterocycles. The molecule has 15 heavy (non-hydrogen) atoms. The lowest BCUT2D eigenvalue weighted by atomic mass is 10.2. The zero-order valence-electron chi connectivity index (χ0n) is 10.8. The standard InChI is InChI=1S/C11H26O3Si/c1-11(2,3)15(4,5)14-10-9-13-8-6-7-12/h12H,6-10H2,1-5H3. The Kier molecular flexibility index (Phi) is 6.67. The van der Waals surface area contributed by atoms with Crippen molar-refractivity contribution in [1.29, 1.82) is 0 Å². The fraction of sp³-hybridized carbons (Fsp3) is 1.00. The first kappa shape index (κ1) is 15.1. The van der Waals surface area contributed by atoms with E-state index in [1.165, 1.54) is 0 Å². The molecule has 3 nitrogen and oxygen atoms in total. The second-order valence-corrected chi connectivity index (χ2v) is 10.1. The van der Waals surface area contributed by atoms with Crippen molar-refractivity contribution in [2.24, 2.45) is 0 Å². The molecule has 0 unspecified atom stereocenters. The van der Waals surface area contributed by atoms with E-state index in [0.717, 1.165) is 0 Å². The second kappa shape index (κ2) is 6.63. The van der Waals surface area contributed by atoms with E-state index in [1.807, 2.05) is 0 Å². The van der Waals surface area contributed by atoms with Gasteiger partial charge in [0.2, 0.25) is 0 Å². The molecule has 0 aromatic heterocycles. The van der Waals surface area contributed by atoms with Gasteiger partial charge in [-0.1, -0.05) is 20.8 Å². The lowest BCUT2D eigenvalue weighted by Crippen LogP contribution is -2.41. The van der Waals surface area contributed by atoms with Crippen molar-refractivity contribution in [2.45, 2.75) is 45.3 Å². The van der Waals surface area contributed by atoms with Gasteiger partial charge >= 0.3 is 0 Å². The highest BCUT2D eigenvalue weighted by atomic mass is 28.4. The molecule has 0 aromatic carbocycles. The minimum atomic E-state index is -1.60. The number of aliphatic hydroxyl groups is 1. The van der Waals surface area contributed by atoms with Gasteiger partial charge in [-0.3, -0.25) is 0 Å². The highest BCUT2D eigenvalue weighted by Crippen LogP contribution is 2.36. The van der Waals surface area contributed by atoms with Gasteiger partial charge in [-0.05, 0) is 24.6 Å². The van der Waals surface area contributed by atoms with E-state index in [0.29, 0.717) is 26.2 Å². The summed E-state index contributed by atoms with van der Waals surface area (Å²) in [6.45, 7) is 13.3. The zero-order valence-corrected chi connectivity index (χ0v) is 11.8. The van der Waals surface area contributed by atoms with Crippen LogP contribution in [0.1, 0.15) is 27.2 Å². The number of hydrogen-bond acceptors (Lipinski definition) is 3. The van der Waals surface area contributed by atoms with E-state index >= 15 is 0 Å². The van der Waals surface area contributed by atoms with Crippen LogP contribution in [0.5, 0.6) is 0 Å². The average molecular weight is 234 g/mol. The maximum absolute atomic E-state index is 8.55. The van der Waals surface area contributed by atoms with Gasteiger partial charge in [0.1, 0.15) is 0 Å². The molecule has 0 fully saturated rings. The van der Waals surface area contributed by atoms with Crippen molar-refractivity contribution in [3.63, 3.8) is 0 Å². The summed E-state index contributed by atoms with van der Waals surface area (Å²) in [5.41, 5.74) is 0.